The number of rotatable bonds is 3. The molecule has 0 aliphatic heterocycles. The van der Waals surface area contributed by atoms with Crippen LogP contribution in [-0.2, 0) is 0 Å². The molecule has 5 heteroatoms. The summed E-state index contributed by atoms with van der Waals surface area (Å²) in [7, 11) is 0. The fourth-order valence-electron chi connectivity index (χ4n) is 1.85. The molecule has 0 radical (unpaired) electrons. The van der Waals surface area contributed by atoms with Gasteiger partial charge in [-0.2, -0.15) is 0 Å². The van der Waals surface area contributed by atoms with Crippen LogP contribution in [0.4, 0.5) is 0 Å². The van der Waals surface area contributed by atoms with Crippen LogP contribution in [0.5, 0.6) is 0 Å². The molecule has 1 unspecified atom stereocenters. The monoisotopic (exact) mass is 327 g/mol. The molecule has 2 nitrogen and oxygen atoms in total. The Kier molecular flexibility index (Phi) is 4.92. The molecule has 0 saturated carbocycles. The van der Waals surface area contributed by atoms with Crippen molar-refractivity contribution in [1.82, 2.24) is 5.32 Å². The van der Waals surface area contributed by atoms with Crippen molar-refractivity contribution < 1.29 is 4.79 Å². The molecule has 0 aliphatic carbocycles. The first-order valence-electron chi connectivity index (χ1n) is 5.99. The molecule has 0 aromatic heterocycles. The third-order valence-corrected chi connectivity index (χ3v) is 3.70. The second-order valence-electron chi connectivity index (χ2n) is 4.35. The Morgan fingerprint density at radius 1 is 1.05 bits per heavy atom. The van der Waals surface area contributed by atoms with Crippen LogP contribution in [0.25, 0.3) is 0 Å². The Balaban J connectivity index is 2.21. The average molecular weight is 329 g/mol. The maximum absolute atomic E-state index is 12.3. The molecule has 2 aromatic carbocycles. The molecule has 2 rings (SSSR count). The summed E-state index contributed by atoms with van der Waals surface area (Å²) in [6, 6.07) is 12.5. The van der Waals surface area contributed by atoms with Gasteiger partial charge in [-0.3, -0.25) is 4.79 Å². The van der Waals surface area contributed by atoms with E-state index in [4.69, 9.17) is 34.8 Å². The van der Waals surface area contributed by atoms with Crippen molar-refractivity contribution in [2.24, 2.45) is 0 Å². The third kappa shape index (κ3) is 3.45. The third-order valence-electron chi connectivity index (χ3n) is 2.88. The van der Waals surface area contributed by atoms with Crippen molar-refractivity contribution >= 4 is 40.7 Å². The van der Waals surface area contributed by atoms with E-state index < -0.39 is 0 Å². The van der Waals surface area contributed by atoms with E-state index in [1.807, 2.05) is 37.3 Å². The number of amides is 1. The molecule has 0 bridgehead atoms. The van der Waals surface area contributed by atoms with Crippen molar-refractivity contribution in [2.75, 3.05) is 0 Å². The number of carbonyl (C=O) groups is 1. The summed E-state index contributed by atoms with van der Waals surface area (Å²) >= 11 is 17.9. The van der Waals surface area contributed by atoms with Gasteiger partial charge in [-0.15, -0.1) is 0 Å². The van der Waals surface area contributed by atoms with Gasteiger partial charge in [0, 0.05) is 5.02 Å². The van der Waals surface area contributed by atoms with Gasteiger partial charge in [-0.05, 0) is 24.6 Å². The molecule has 20 heavy (non-hydrogen) atoms. The molecule has 1 N–H and O–H groups in total. The summed E-state index contributed by atoms with van der Waals surface area (Å²) in [5.41, 5.74) is 1.24. The topological polar surface area (TPSA) is 29.1 Å². The zero-order valence-electron chi connectivity index (χ0n) is 10.7. The zero-order chi connectivity index (χ0) is 14.7. The number of benzene rings is 2. The lowest BCUT2D eigenvalue weighted by Gasteiger charge is -2.15. The maximum atomic E-state index is 12.3. The predicted molar refractivity (Wildman–Crippen MR) is 83.8 cm³/mol. The van der Waals surface area contributed by atoms with E-state index in [-0.39, 0.29) is 27.6 Å². The van der Waals surface area contributed by atoms with E-state index in [9.17, 15) is 4.79 Å². The molecule has 2 aromatic rings. The lowest BCUT2D eigenvalue weighted by molar-refractivity contribution is 0.0940. The summed E-state index contributed by atoms with van der Waals surface area (Å²) in [6.45, 7) is 1.89. The first-order valence-corrected chi connectivity index (χ1v) is 7.13. The molecule has 104 valence electrons. The largest absolute Gasteiger partial charge is 0.345 e. The predicted octanol–water partition coefficient (Wildman–Crippen LogP) is 5.14. The van der Waals surface area contributed by atoms with E-state index in [1.54, 1.807) is 0 Å². The first kappa shape index (κ1) is 15.2. The first-order chi connectivity index (χ1) is 9.49. The van der Waals surface area contributed by atoms with E-state index in [1.165, 1.54) is 12.1 Å². The lowest BCUT2D eigenvalue weighted by Crippen LogP contribution is -2.27. The number of hydrogen-bond acceptors (Lipinski definition) is 1. The zero-order valence-corrected chi connectivity index (χ0v) is 12.9. The van der Waals surface area contributed by atoms with Crippen LogP contribution in [0.2, 0.25) is 15.1 Å². The minimum absolute atomic E-state index is 0.147. The number of nitrogens with one attached hydrogen (secondary N) is 1. The Hall–Kier alpha value is -1.22. The second-order valence-corrected chi connectivity index (χ2v) is 5.60. The van der Waals surface area contributed by atoms with Crippen LogP contribution in [0.3, 0.4) is 0 Å². The Labute approximate surface area is 132 Å². The van der Waals surface area contributed by atoms with Crippen molar-refractivity contribution in [2.45, 2.75) is 13.0 Å². The Bertz CT molecular complexity index is 605. The summed E-state index contributed by atoms with van der Waals surface area (Å²) in [5.74, 6) is -0.326. The smallest absolute Gasteiger partial charge is 0.254 e. The van der Waals surface area contributed by atoms with Gasteiger partial charge in [0.25, 0.3) is 5.91 Å². The van der Waals surface area contributed by atoms with Gasteiger partial charge < -0.3 is 5.32 Å². The van der Waals surface area contributed by atoms with E-state index >= 15 is 0 Å². The van der Waals surface area contributed by atoms with Crippen molar-refractivity contribution in [3.63, 3.8) is 0 Å². The van der Waals surface area contributed by atoms with Crippen LogP contribution >= 0.6 is 34.8 Å². The quantitative estimate of drug-likeness (QED) is 0.830. The molecule has 0 aliphatic rings. The highest BCUT2D eigenvalue weighted by Gasteiger charge is 2.18. The minimum atomic E-state index is -0.326. The SMILES string of the molecule is CC(NC(=O)c1c(Cl)cc(Cl)cc1Cl)c1ccccc1. The van der Waals surface area contributed by atoms with Gasteiger partial charge in [0.05, 0.1) is 21.7 Å². The van der Waals surface area contributed by atoms with Gasteiger partial charge in [-0.25, -0.2) is 0 Å². The van der Waals surface area contributed by atoms with Crippen LogP contribution < -0.4 is 5.32 Å². The average Bonchev–Trinajstić information content (AvgIpc) is 2.38. The number of halogens is 3. The normalized spacial score (nSPS) is 12.0. The van der Waals surface area contributed by atoms with Gasteiger partial charge in [-0.1, -0.05) is 65.1 Å². The minimum Gasteiger partial charge on any atom is -0.345 e. The molecular formula is C15H12Cl3NO. The summed E-state index contributed by atoms with van der Waals surface area (Å²) in [4.78, 5) is 12.3. The van der Waals surface area contributed by atoms with Crippen molar-refractivity contribution in [1.29, 1.82) is 0 Å². The molecule has 1 amide bonds. The standard InChI is InChI=1S/C15H12Cl3NO/c1-9(10-5-3-2-4-6-10)19-15(20)14-12(17)7-11(16)8-13(14)18/h2-9H,1H3,(H,19,20). The van der Waals surface area contributed by atoms with E-state index in [2.05, 4.69) is 5.32 Å². The molecule has 0 saturated heterocycles. The maximum Gasteiger partial charge on any atom is 0.254 e. The van der Waals surface area contributed by atoms with Gasteiger partial charge in [0.1, 0.15) is 0 Å². The van der Waals surface area contributed by atoms with Crippen LogP contribution in [0, 0.1) is 0 Å². The van der Waals surface area contributed by atoms with Crippen LogP contribution in [-0.4, -0.2) is 5.91 Å². The summed E-state index contributed by atoms with van der Waals surface area (Å²) in [6.07, 6.45) is 0. The fraction of sp³-hybridized carbons (Fsp3) is 0.133. The second kappa shape index (κ2) is 6.49. The highest BCUT2D eigenvalue weighted by Crippen LogP contribution is 2.29. The number of hydrogen-bond donors (Lipinski definition) is 1. The highest BCUT2D eigenvalue weighted by atomic mass is 35.5. The number of carbonyl (C=O) groups excluding carboxylic acids is 1. The van der Waals surface area contributed by atoms with Crippen LogP contribution in [0.1, 0.15) is 28.9 Å². The van der Waals surface area contributed by atoms with Crippen molar-refractivity contribution in [3.8, 4) is 0 Å². The Morgan fingerprint density at radius 3 is 2.15 bits per heavy atom. The molecular weight excluding hydrogens is 317 g/mol. The molecule has 0 heterocycles. The van der Waals surface area contributed by atoms with Gasteiger partial charge in [0.15, 0.2) is 0 Å². The summed E-state index contributed by atoms with van der Waals surface area (Å²) in [5, 5.41) is 3.73. The van der Waals surface area contributed by atoms with E-state index in [0.29, 0.717) is 5.02 Å². The lowest BCUT2D eigenvalue weighted by atomic mass is 10.1. The van der Waals surface area contributed by atoms with Crippen LogP contribution in [0.15, 0.2) is 42.5 Å². The van der Waals surface area contributed by atoms with Gasteiger partial charge >= 0.3 is 0 Å². The van der Waals surface area contributed by atoms with Gasteiger partial charge in [0.2, 0.25) is 0 Å². The highest BCUT2D eigenvalue weighted by molar-refractivity contribution is 6.42. The van der Waals surface area contributed by atoms with Crippen molar-refractivity contribution in [3.05, 3.63) is 68.7 Å². The molecule has 0 fully saturated rings. The molecule has 1 atom stereocenters. The molecule has 0 spiro atoms. The van der Waals surface area contributed by atoms with E-state index in [0.717, 1.165) is 5.56 Å². The fourth-order valence-corrected chi connectivity index (χ4v) is 2.84. The Morgan fingerprint density at radius 2 is 1.60 bits per heavy atom. The summed E-state index contributed by atoms with van der Waals surface area (Å²) < 4.78 is 0.